The fraction of sp³-hybridized carbons (Fsp3) is 0.588. The van der Waals surface area contributed by atoms with Gasteiger partial charge in [-0.1, -0.05) is 13.3 Å². The molecule has 1 saturated carbocycles. The van der Waals surface area contributed by atoms with Gasteiger partial charge in [0.2, 0.25) is 5.91 Å². The summed E-state index contributed by atoms with van der Waals surface area (Å²) in [6, 6.07) is 8.88. The molecule has 0 aromatic heterocycles. The highest BCUT2D eigenvalue weighted by Crippen LogP contribution is 2.34. The van der Waals surface area contributed by atoms with Crippen LogP contribution in [-0.4, -0.2) is 23.7 Å². The maximum Gasteiger partial charge on any atom is 0.221 e. The van der Waals surface area contributed by atoms with Crippen LogP contribution in [0.2, 0.25) is 0 Å². The molecule has 2 atom stereocenters. The minimum absolute atomic E-state index is 0.0208. The van der Waals surface area contributed by atoms with E-state index in [1.54, 1.807) is 0 Å². The second-order valence-corrected chi connectivity index (χ2v) is 7.14. The predicted molar refractivity (Wildman–Crippen MR) is 90.9 cm³/mol. The first-order valence-corrected chi connectivity index (χ1v) is 8.83. The number of hydrogen-bond acceptors (Lipinski definition) is 3. The molecule has 0 saturated heterocycles. The summed E-state index contributed by atoms with van der Waals surface area (Å²) in [6.45, 7) is 4.89. The highest BCUT2D eigenvalue weighted by molar-refractivity contribution is 8.00. The summed E-state index contributed by atoms with van der Waals surface area (Å²) in [4.78, 5) is 12.3. The van der Waals surface area contributed by atoms with Crippen LogP contribution in [0.3, 0.4) is 0 Å². The molecule has 0 bridgehead atoms. The molecular weight excluding hydrogens is 280 g/mol. The van der Waals surface area contributed by atoms with Gasteiger partial charge in [0.15, 0.2) is 0 Å². The molecule has 2 unspecified atom stereocenters. The average molecular weight is 306 g/mol. The zero-order valence-corrected chi connectivity index (χ0v) is 13.8. The SMILES string of the molecule is CCCNC1CCCC(Sc2ccc(NC(C)=O)cc2)C1. The summed E-state index contributed by atoms with van der Waals surface area (Å²) in [5.74, 6) is -0.0208. The fourth-order valence-electron chi connectivity index (χ4n) is 2.80. The number of hydrogen-bond donors (Lipinski definition) is 2. The molecule has 0 aliphatic heterocycles. The molecule has 1 aromatic rings. The molecule has 0 spiro atoms. The largest absolute Gasteiger partial charge is 0.326 e. The van der Waals surface area contributed by atoms with E-state index in [9.17, 15) is 4.79 Å². The molecule has 2 rings (SSSR count). The number of thioether (sulfide) groups is 1. The van der Waals surface area contributed by atoms with Gasteiger partial charge in [0.05, 0.1) is 0 Å². The van der Waals surface area contributed by atoms with Crippen LogP contribution < -0.4 is 10.6 Å². The van der Waals surface area contributed by atoms with Gasteiger partial charge in [-0.25, -0.2) is 0 Å². The summed E-state index contributed by atoms with van der Waals surface area (Å²) in [6.07, 6.45) is 6.42. The summed E-state index contributed by atoms with van der Waals surface area (Å²) >= 11 is 1.98. The van der Waals surface area contributed by atoms with Crippen molar-refractivity contribution in [1.82, 2.24) is 5.32 Å². The number of carbonyl (C=O) groups excluding carboxylic acids is 1. The second kappa shape index (κ2) is 8.44. The number of nitrogens with one attached hydrogen (secondary N) is 2. The molecule has 3 nitrogen and oxygen atoms in total. The van der Waals surface area contributed by atoms with Crippen molar-refractivity contribution in [3.05, 3.63) is 24.3 Å². The molecular formula is C17H26N2OS. The Labute approximate surface area is 132 Å². The van der Waals surface area contributed by atoms with Crippen molar-refractivity contribution in [1.29, 1.82) is 0 Å². The molecule has 116 valence electrons. The van der Waals surface area contributed by atoms with Crippen molar-refractivity contribution in [3.8, 4) is 0 Å². The fourth-order valence-corrected chi connectivity index (χ4v) is 4.09. The van der Waals surface area contributed by atoms with E-state index in [4.69, 9.17) is 0 Å². The Hall–Kier alpha value is -1.00. The Morgan fingerprint density at radius 3 is 2.71 bits per heavy atom. The van der Waals surface area contributed by atoms with E-state index in [-0.39, 0.29) is 5.91 Å². The summed E-state index contributed by atoms with van der Waals surface area (Å²) < 4.78 is 0. The van der Waals surface area contributed by atoms with Crippen LogP contribution in [0.15, 0.2) is 29.2 Å². The van der Waals surface area contributed by atoms with E-state index >= 15 is 0 Å². The molecule has 1 fully saturated rings. The standard InChI is InChI=1S/C17H26N2OS/c1-3-11-18-15-5-4-6-17(12-15)21-16-9-7-14(8-10-16)19-13(2)20/h7-10,15,17-18H,3-6,11-12H2,1-2H3,(H,19,20). The van der Waals surface area contributed by atoms with Crippen LogP contribution in [-0.2, 0) is 4.79 Å². The van der Waals surface area contributed by atoms with Crippen molar-refractivity contribution >= 4 is 23.4 Å². The molecule has 0 radical (unpaired) electrons. The first-order chi connectivity index (χ1) is 10.2. The van der Waals surface area contributed by atoms with Crippen molar-refractivity contribution < 1.29 is 4.79 Å². The number of benzene rings is 1. The van der Waals surface area contributed by atoms with Crippen molar-refractivity contribution in [3.63, 3.8) is 0 Å². The lowest BCUT2D eigenvalue weighted by Gasteiger charge is -2.29. The zero-order chi connectivity index (χ0) is 15.1. The Balaban J connectivity index is 1.84. The summed E-state index contributed by atoms with van der Waals surface area (Å²) in [7, 11) is 0. The van der Waals surface area contributed by atoms with Gasteiger partial charge in [0.1, 0.15) is 0 Å². The van der Waals surface area contributed by atoms with Crippen LogP contribution >= 0.6 is 11.8 Å². The van der Waals surface area contributed by atoms with Crippen LogP contribution in [0.25, 0.3) is 0 Å². The van der Waals surface area contributed by atoms with E-state index in [1.807, 2.05) is 23.9 Å². The third kappa shape index (κ3) is 5.71. The number of amides is 1. The van der Waals surface area contributed by atoms with Gasteiger partial charge < -0.3 is 10.6 Å². The molecule has 0 heterocycles. The highest BCUT2D eigenvalue weighted by atomic mass is 32.2. The topological polar surface area (TPSA) is 41.1 Å². The second-order valence-electron chi connectivity index (χ2n) is 5.76. The minimum atomic E-state index is -0.0208. The maximum absolute atomic E-state index is 11.0. The van der Waals surface area contributed by atoms with Gasteiger partial charge in [-0.2, -0.15) is 0 Å². The Kier molecular flexibility index (Phi) is 6.58. The van der Waals surface area contributed by atoms with E-state index < -0.39 is 0 Å². The average Bonchev–Trinajstić information content (AvgIpc) is 2.47. The van der Waals surface area contributed by atoms with E-state index in [0.717, 1.165) is 12.2 Å². The molecule has 2 N–H and O–H groups in total. The number of anilines is 1. The molecule has 21 heavy (non-hydrogen) atoms. The van der Waals surface area contributed by atoms with Gasteiger partial charge in [0, 0.05) is 28.8 Å². The maximum atomic E-state index is 11.0. The summed E-state index contributed by atoms with van der Waals surface area (Å²) in [5, 5.41) is 7.17. The van der Waals surface area contributed by atoms with Crippen molar-refractivity contribution in [2.45, 2.75) is 62.1 Å². The Bertz CT molecular complexity index is 447. The Morgan fingerprint density at radius 2 is 2.05 bits per heavy atom. The Morgan fingerprint density at radius 1 is 1.29 bits per heavy atom. The number of rotatable bonds is 6. The van der Waals surface area contributed by atoms with Crippen LogP contribution in [0.1, 0.15) is 46.0 Å². The van der Waals surface area contributed by atoms with E-state index in [0.29, 0.717) is 11.3 Å². The number of carbonyl (C=O) groups is 1. The van der Waals surface area contributed by atoms with Crippen LogP contribution in [0.5, 0.6) is 0 Å². The van der Waals surface area contributed by atoms with Gasteiger partial charge in [-0.15, -0.1) is 11.8 Å². The first-order valence-electron chi connectivity index (χ1n) is 7.95. The molecule has 1 amide bonds. The first kappa shape index (κ1) is 16.4. The third-order valence-electron chi connectivity index (χ3n) is 3.79. The van der Waals surface area contributed by atoms with Gasteiger partial charge in [0.25, 0.3) is 0 Å². The van der Waals surface area contributed by atoms with Crippen molar-refractivity contribution in [2.75, 3.05) is 11.9 Å². The van der Waals surface area contributed by atoms with Gasteiger partial charge in [-0.05, 0) is 56.5 Å². The van der Waals surface area contributed by atoms with Crippen LogP contribution in [0, 0.1) is 0 Å². The van der Waals surface area contributed by atoms with Crippen LogP contribution in [0.4, 0.5) is 5.69 Å². The zero-order valence-electron chi connectivity index (χ0n) is 13.0. The minimum Gasteiger partial charge on any atom is -0.326 e. The molecule has 1 aliphatic rings. The van der Waals surface area contributed by atoms with Gasteiger partial charge >= 0.3 is 0 Å². The molecule has 4 heteroatoms. The van der Waals surface area contributed by atoms with E-state index in [2.05, 4.69) is 29.7 Å². The van der Waals surface area contributed by atoms with Gasteiger partial charge in [-0.3, -0.25) is 4.79 Å². The quantitative estimate of drug-likeness (QED) is 0.833. The predicted octanol–water partition coefficient (Wildman–Crippen LogP) is 4.05. The third-order valence-corrected chi connectivity index (χ3v) is 5.09. The molecule has 1 aliphatic carbocycles. The van der Waals surface area contributed by atoms with Crippen molar-refractivity contribution in [2.24, 2.45) is 0 Å². The molecule has 1 aromatic carbocycles. The smallest absolute Gasteiger partial charge is 0.221 e. The lowest BCUT2D eigenvalue weighted by Crippen LogP contribution is -2.35. The monoisotopic (exact) mass is 306 g/mol. The lowest BCUT2D eigenvalue weighted by molar-refractivity contribution is -0.114. The normalized spacial score (nSPS) is 22.0. The van der Waals surface area contributed by atoms with E-state index in [1.165, 1.54) is 43.9 Å². The summed E-state index contributed by atoms with van der Waals surface area (Å²) in [5.41, 5.74) is 0.873. The lowest BCUT2D eigenvalue weighted by atomic mass is 9.95. The highest BCUT2D eigenvalue weighted by Gasteiger charge is 2.22.